The van der Waals surface area contributed by atoms with Crippen LogP contribution in [-0.4, -0.2) is 37.3 Å². The van der Waals surface area contributed by atoms with E-state index in [2.05, 4.69) is 0 Å². The molecular formula is C26H22O10S3. The van der Waals surface area contributed by atoms with E-state index in [-0.39, 0.29) is 22.1 Å². The third-order valence-electron chi connectivity index (χ3n) is 5.64. The molecule has 4 aromatic carbocycles. The van der Waals surface area contributed by atoms with E-state index in [1.807, 2.05) is 24.3 Å². The van der Waals surface area contributed by atoms with Gasteiger partial charge in [-0.05, 0) is 72.1 Å². The van der Waals surface area contributed by atoms with Gasteiger partial charge in [0.05, 0.1) is 16.9 Å². The monoisotopic (exact) mass is 590 g/mol. The Balaban J connectivity index is 1.66. The van der Waals surface area contributed by atoms with Crippen LogP contribution in [0.15, 0.2) is 99.6 Å². The van der Waals surface area contributed by atoms with Crippen LogP contribution in [0.4, 0.5) is 0 Å². The fourth-order valence-electron chi connectivity index (χ4n) is 3.62. The molecule has 0 saturated carbocycles. The molecule has 0 amide bonds. The van der Waals surface area contributed by atoms with Gasteiger partial charge in [-0.1, -0.05) is 30.3 Å². The summed E-state index contributed by atoms with van der Waals surface area (Å²) in [6.45, 7) is 1.55. The van der Waals surface area contributed by atoms with Crippen molar-refractivity contribution >= 4 is 31.3 Å². The van der Waals surface area contributed by atoms with Crippen molar-refractivity contribution in [3.05, 3.63) is 90.5 Å². The second-order valence-electron chi connectivity index (χ2n) is 8.17. The zero-order valence-corrected chi connectivity index (χ0v) is 22.9. The average molecular weight is 591 g/mol. The number of hydrogen-bond acceptors (Lipinski definition) is 8. The van der Waals surface area contributed by atoms with Gasteiger partial charge in [-0.2, -0.15) is 12.6 Å². The SMILES string of the molecule is COc1ccc(-c2ccc(Oc3ccc(S(=O)(=O)c4ccc(C)c(OS(=O)O)c4)cc3S(=O)(=O)O)cc2)cc1. The third-order valence-corrected chi connectivity index (χ3v) is 8.59. The second kappa shape index (κ2) is 11.2. The molecule has 2 N–H and O–H groups in total. The van der Waals surface area contributed by atoms with Crippen LogP contribution in [0.3, 0.4) is 0 Å². The molecule has 0 heterocycles. The van der Waals surface area contributed by atoms with E-state index in [9.17, 15) is 25.6 Å². The van der Waals surface area contributed by atoms with E-state index < -0.39 is 41.1 Å². The minimum Gasteiger partial charge on any atom is -0.497 e. The van der Waals surface area contributed by atoms with E-state index in [0.29, 0.717) is 11.3 Å². The lowest BCUT2D eigenvalue weighted by molar-refractivity contribution is 0.415. The molecule has 4 rings (SSSR count). The Morgan fingerprint density at radius 3 is 1.79 bits per heavy atom. The summed E-state index contributed by atoms with van der Waals surface area (Å²) >= 11 is -2.69. The molecule has 4 aromatic rings. The van der Waals surface area contributed by atoms with E-state index >= 15 is 0 Å². The lowest BCUT2D eigenvalue weighted by atomic mass is 10.1. The lowest BCUT2D eigenvalue weighted by Crippen LogP contribution is -2.07. The fraction of sp³-hybridized carbons (Fsp3) is 0.0769. The first kappa shape index (κ1) is 28.3. The van der Waals surface area contributed by atoms with Crippen molar-refractivity contribution in [1.29, 1.82) is 0 Å². The van der Waals surface area contributed by atoms with Gasteiger partial charge in [0.2, 0.25) is 9.84 Å². The maximum absolute atomic E-state index is 13.2. The summed E-state index contributed by atoms with van der Waals surface area (Å²) < 4.78 is 96.2. The normalized spacial score (nSPS) is 12.5. The molecule has 0 radical (unpaired) electrons. The van der Waals surface area contributed by atoms with Crippen LogP contribution < -0.4 is 13.7 Å². The summed E-state index contributed by atoms with van der Waals surface area (Å²) in [5.41, 5.74) is 2.16. The van der Waals surface area contributed by atoms with Crippen molar-refractivity contribution in [3.8, 4) is 34.1 Å². The van der Waals surface area contributed by atoms with Gasteiger partial charge in [-0.15, -0.1) is 0 Å². The van der Waals surface area contributed by atoms with Crippen LogP contribution >= 0.6 is 0 Å². The topological polar surface area (TPSA) is 154 Å². The zero-order valence-electron chi connectivity index (χ0n) is 20.5. The summed E-state index contributed by atoms with van der Waals surface area (Å²) in [6, 6.07) is 20.7. The Morgan fingerprint density at radius 2 is 1.26 bits per heavy atom. The van der Waals surface area contributed by atoms with Crippen LogP contribution in [-0.2, 0) is 31.3 Å². The van der Waals surface area contributed by atoms with Gasteiger partial charge < -0.3 is 13.7 Å². The summed E-state index contributed by atoms with van der Waals surface area (Å²) in [7, 11) is -7.66. The first-order chi connectivity index (χ1) is 18.4. The van der Waals surface area contributed by atoms with Gasteiger partial charge >= 0.3 is 11.4 Å². The summed E-state index contributed by atoms with van der Waals surface area (Å²) in [5, 5.41) is 0. The number of hydrogen-bond donors (Lipinski definition) is 2. The molecule has 1 unspecified atom stereocenters. The maximum Gasteiger partial charge on any atom is 0.357 e. The van der Waals surface area contributed by atoms with Gasteiger partial charge in [-0.3, -0.25) is 9.11 Å². The predicted octanol–water partition coefficient (Wildman–Crippen LogP) is 5.06. The van der Waals surface area contributed by atoms with Crippen LogP contribution in [0.5, 0.6) is 23.0 Å². The zero-order chi connectivity index (χ0) is 28.4. The highest BCUT2D eigenvalue weighted by Gasteiger charge is 2.25. The third kappa shape index (κ3) is 6.46. The molecule has 0 saturated heterocycles. The molecule has 1 atom stereocenters. The summed E-state index contributed by atoms with van der Waals surface area (Å²) in [4.78, 5) is -1.54. The molecule has 0 aromatic heterocycles. The van der Waals surface area contributed by atoms with E-state index in [0.717, 1.165) is 35.4 Å². The van der Waals surface area contributed by atoms with Gasteiger partial charge in [0.15, 0.2) is 0 Å². The molecular weight excluding hydrogens is 568 g/mol. The standard InChI is InChI=1S/C26H22O10S3/c1-17-3-12-22(15-25(17)36-37(27)28)38(29,30)23-13-14-24(26(16-23)39(31,32)33)35-21-10-6-19(7-11-21)18-4-8-20(34-2)9-5-18/h3-16H,1-2H3,(H,27,28)(H,31,32,33). The molecule has 0 aliphatic carbocycles. The molecule has 10 nitrogen and oxygen atoms in total. The van der Waals surface area contributed by atoms with Crippen LogP contribution in [0.2, 0.25) is 0 Å². The number of benzene rings is 4. The molecule has 39 heavy (non-hydrogen) atoms. The number of methoxy groups -OCH3 is 1. The first-order valence-corrected chi connectivity index (χ1v) is 15.0. The van der Waals surface area contributed by atoms with Crippen LogP contribution in [0.25, 0.3) is 11.1 Å². The van der Waals surface area contributed by atoms with Gasteiger partial charge in [0.25, 0.3) is 10.1 Å². The van der Waals surface area contributed by atoms with Crippen LogP contribution in [0.1, 0.15) is 5.56 Å². The minimum absolute atomic E-state index is 0.148. The Hall–Kier alpha value is -3.75. The molecule has 204 valence electrons. The molecule has 13 heteroatoms. The number of rotatable bonds is 9. The number of sulfone groups is 1. The Morgan fingerprint density at radius 1 is 0.718 bits per heavy atom. The predicted molar refractivity (Wildman–Crippen MR) is 143 cm³/mol. The van der Waals surface area contributed by atoms with Gasteiger partial charge in [0.1, 0.15) is 27.9 Å². The highest BCUT2D eigenvalue weighted by molar-refractivity contribution is 7.91. The Labute approximate surface area is 228 Å². The number of aryl methyl sites for hydroxylation is 1. The van der Waals surface area contributed by atoms with Crippen molar-refractivity contribution < 1.29 is 43.8 Å². The second-order valence-corrected chi connectivity index (χ2v) is 12.1. The summed E-state index contributed by atoms with van der Waals surface area (Å²) in [5.74, 6) is 0.506. The number of ether oxygens (including phenoxy) is 2. The van der Waals surface area contributed by atoms with Crippen molar-refractivity contribution in [2.24, 2.45) is 0 Å². The molecule has 0 spiro atoms. The van der Waals surface area contributed by atoms with Crippen molar-refractivity contribution in [1.82, 2.24) is 0 Å². The van der Waals surface area contributed by atoms with Crippen molar-refractivity contribution in [3.63, 3.8) is 0 Å². The molecule has 0 aliphatic heterocycles. The lowest BCUT2D eigenvalue weighted by Gasteiger charge is -2.13. The van der Waals surface area contributed by atoms with Crippen LogP contribution in [0, 0.1) is 6.92 Å². The van der Waals surface area contributed by atoms with E-state index in [4.69, 9.17) is 18.2 Å². The average Bonchev–Trinajstić information content (AvgIpc) is 2.89. The first-order valence-electron chi connectivity index (χ1n) is 11.1. The van der Waals surface area contributed by atoms with Crippen molar-refractivity contribution in [2.45, 2.75) is 21.6 Å². The van der Waals surface area contributed by atoms with Crippen molar-refractivity contribution in [2.75, 3.05) is 7.11 Å². The highest BCUT2D eigenvalue weighted by Crippen LogP contribution is 2.35. The van der Waals surface area contributed by atoms with Gasteiger partial charge in [-0.25, -0.2) is 8.42 Å². The molecule has 0 fully saturated rings. The minimum atomic E-state index is -4.91. The van der Waals surface area contributed by atoms with E-state index in [1.54, 1.807) is 38.3 Å². The quantitative estimate of drug-likeness (QED) is 0.200. The van der Waals surface area contributed by atoms with E-state index in [1.165, 1.54) is 12.1 Å². The highest BCUT2D eigenvalue weighted by atomic mass is 32.2. The summed E-state index contributed by atoms with van der Waals surface area (Å²) in [6.07, 6.45) is 0. The Kier molecular flexibility index (Phi) is 8.09. The molecule has 0 bridgehead atoms. The maximum atomic E-state index is 13.2. The fourth-order valence-corrected chi connectivity index (χ4v) is 5.97. The largest absolute Gasteiger partial charge is 0.497 e. The Bertz CT molecular complexity index is 1750. The van der Waals surface area contributed by atoms with Gasteiger partial charge in [0, 0.05) is 6.07 Å². The molecule has 0 aliphatic rings. The smallest absolute Gasteiger partial charge is 0.357 e.